The van der Waals surface area contributed by atoms with Gasteiger partial charge in [-0.1, -0.05) is 5.16 Å². The standard InChI is InChI=1S/C11H19N3OS/c12-5-1-4-10-13-11(15-14-10)7-9-3-2-6-16-8-9/h9H,1-8,12H2. The summed E-state index contributed by atoms with van der Waals surface area (Å²) in [7, 11) is 0. The normalized spacial score (nSPS) is 21.2. The highest BCUT2D eigenvalue weighted by molar-refractivity contribution is 7.99. The third-order valence-corrected chi connectivity index (χ3v) is 4.12. The SMILES string of the molecule is NCCCc1noc(CC2CCCSC2)n1. The highest BCUT2D eigenvalue weighted by Gasteiger charge is 2.17. The molecule has 0 bridgehead atoms. The van der Waals surface area contributed by atoms with Gasteiger partial charge in [0, 0.05) is 12.8 Å². The Morgan fingerprint density at radius 3 is 3.19 bits per heavy atom. The van der Waals surface area contributed by atoms with Gasteiger partial charge >= 0.3 is 0 Å². The van der Waals surface area contributed by atoms with Crippen LogP contribution in [-0.4, -0.2) is 28.2 Å². The first kappa shape index (κ1) is 11.9. The average molecular weight is 241 g/mol. The number of aromatic nitrogens is 2. The van der Waals surface area contributed by atoms with E-state index in [4.69, 9.17) is 10.3 Å². The number of aryl methyl sites for hydroxylation is 1. The Bertz CT molecular complexity index is 310. The molecule has 0 aromatic carbocycles. The van der Waals surface area contributed by atoms with Crippen molar-refractivity contribution in [2.45, 2.75) is 32.1 Å². The fraction of sp³-hybridized carbons (Fsp3) is 0.818. The fourth-order valence-corrected chi connectivity index (χ4v) is 3.11. The van der Waals surface area contributed by atoms with Crippen LogP contribution in [0.1, 0.15) is 31.0 Å². The highest BCUT2D eigenvalue weighted by Crippen LogP contribution is 2.25. The third kappa shape index (κ3) is 3.49. The topological polar surface area (TPSA) is 64.9 Å². The van der Waals surface area contributed by atoms with Gasteiger partial charge in [0.1, 0.15) is 0 Å². The maximum atomic E-state index is 5.44. The lowest BCUT2D eigenvalue weighted by molar-refractivity contribution is 0.348. The molecule has 2 heterocycles. The van der Waals surface area contributed by atoms with Gasteiger partial charge in [-0.15, -0.1) is 0 Å². The van der Waals surface area contributed by atoms with Crippen molar-refractivity contribution >= 4 is 11.8 Å². The zero-order chi connectivity index (χ0) is 11.2. The molecule has 1 aliphatic heterocycles. The second kappa shape index (κ2) is 6.25. The molecule has 0 amide bonds. The lowest BCUT2D eigenvalue weighted by atomic mass is 10.0. The lowest BCUT2D eigenvalue weighted by Crippen LogP contribution is -2.13. The molecule has 1 aromatic heterocycles. The monoisotopic (exact) mass is 241 g/mol. The van der Waals surface area contributed by atoms with Gasteiger partial charge in [-0.25, -0.2) is 0 Å². The van der Waals surface area contributed by atoms with Gasteiger partial charge in [0.05, 0.1) is 0 Å². The van der Waals surface area contributed by atoms with Crippen LogP contribution < -0.4 is 5.73 Å². The van der Waals surface area contributed by atoms with Crippen molar-refractivity contribution < 1.29 is 4.52 Å². The van der Waals surface area contributed by atoms with Crippen LogP contribution in [0.3, 0.4) is 0 Å². The summed E-state index contributed by atoms with van der Waals surface area (Å²) >= 11 is 2.04. The zero-order valence-corrected chi connectivity index (χ0v) is 10.3. The smallest absolute Gasteiger partial charge is 0.226 e. The summed E-state index contributed by atoms with van der Waals surface area (Å²) in [4.78, 5) is 4.40. The second-order valence-electron chi connectivity index (χ2n) is 4.28. The molecule has 2 N–H and O–H groups in total. The molecular weight excluding hydrogens is 222 g/mol. The van der Waals surface area contributed by atoms with E-state index in [1.165, 1.54) is 24.3 Å². The summed E-state index contributed by atoms with van der Waals surface area (Å²) in [5.74, 6) is 4.88. The van der Waals surface area contributed by atoms with Gasteiger partial charge < -0.3 is 10.3 Å². The van der Waals surface area contributed by atoms with Crippen molar-refractivity contribution in [3.63, 3.8) is 0 Å². The van der Waals surface area contributed by atoms with Gasteiger partial charge in [-0.2, -0.15) is 16.7 Å². The maximum Gasteiger partial charge on any atom is 0.226 e. The molecule has 1 atom stereocenters. The molecule has 4 nitrogen and oxygen atoms in total. The van der Waals surface area contributed by atoms with Gasteiger partial charge in [0.25, 0.3) is 0 Å². The number of thioether (sulfide) groups is 1. The summed E-state index contributed by atoms with van der Waals surface area (Å²) in [5, 5.41) is 3.97. The van der Waals surface area contributed by atoms with E-state index in [1.54, 1.807) is 0 Å². The number of hydrogen-bond donors (Lipinski definition) is 1. The van der Waals surface area contributed by atoms with E-state index in [2.05, 4.69) is 10.1 Å². The minimum absolute atomic E-state index is 0.684. The zero-order valence-electron chi connectivity index (χ0n) is 9.52. The van der Waals surface area contributed by atoms with Gasteiger partial charge in [-0.3, -0.25) is 0 Å². The van der Waals surface area contributed by atoms with Crippen LogP contribution in [-0.2, 0) is 12.8 Å². The summed E-state index contributed by atoms with van der Waals surface area (Å²) in [6.45, 7) is 0.684. The molecule has 1 aliphatic rings. The number of rotatable bonds is 5. The van der Waals surface area contributed by atoms with Gasteiger partial charge in [0.15, 0.2) is 5.82 Å². The van der Waals surface area contributed by atoms with Crippen LogP contribution in [0.2, 0.25) is 0 Å². The van der Waals surface area contributed by atoms with Crippen LogP contribution in [0.5, 0.6) is 0 Å². The Hall–Kier alpha value is -0.550. The minimum Gasteiger partial charge on any atom is -0.339 e. The van der Waals surface area contributed by atoms with E-state index < -0.39 is 0 Å². The second-order valence-corrected chi connectivity index (χ2v) is 5.43. The third-order valence-electron chi connectivity index (χ3n) is 2.83. The van der Waals surface area contributed by atoms with Crippen molar-refractivity contribution in [3.8, 4) is 0 Å². The van der Waals surface area contributed by atoms with Crippen LogP contribution in [0.25, 0.3) is 0 Å². The first-order chi connectivity index (χ1) is 7.88. The Balaban J connectivity index is 1.81. The Kier molecular flexibility index (Phi) is 4.66. The Morgan fingerprint density at radius 1 is 1.50 bits per heavy atom. The molecule has 0 saturated carbocycles. The molecule has 0 spiro atoms. The minimum atomic E-state index is 0.684. The summed E-state index contributed by atoms with van der Waals surface area (Å²) in [6, 6.07) is 0. The molecule has 0 aliphatic carbocycles. The van der Waals surface area contributed by atoms with E-state index in [0.717, 1.165) is 36.9 Å². The van der Waals surface area contributed by atoms with Crippen molar-refractivity contribution in [1.29, 1.82) is 0 Å². The molecule has 0 radical (unpaired) electrons. The van der Waals surface area contributed by atoms with Gasteiger partial charge in [0.2, 0.25) is 5.89 Å². The predicted molar refractivity (Wildman–Crippen MR) is 65.4 cm³/mol. The molecule has 1 unspecified atom stereocenters. The maximum absolute atomic E-state index is 5.44. The molecule has 2 rings (SSSR count). The summed E-state index contributed by atoms with van der Waals surface area (Å²) in [5.41, 5.74) is 5.44. The van der Waals surface area contributed by atoms with E-state index in [9.17, 15) is 0 Å². The van der Waals surface area contributed by atoms with Crippen LogP contribution in [0.4, 0.5) is 0 Å². The fourth-order valence-electron chi connectivity index (χ4n) is 1.95. The van der Waals surface area contributed by atoms with Crippen LogP contribution >= 0.6 is 11.8 Å². The number of nitrogens with zero attached hydrogens (tertiary/aromatic N) is 2. The Morgan fingerprint density at radius 2 is 2.44 bits per heavy atom. The van der Waals surface area contributed by atoms with Crippen molar-refractivity contribution in [2.75, 3.05) is 18.1 Å². The molecule has 5 heteroatoms. The molecule has 1 saturated heterocycles. The number of nitrogens with two attached hydrogens (primary N) is 1. The van der Waals surface area contributed by atoms with Crippen molar-refractivity contribution in [1.82, 2.24) is 10.1 Å². The van der Waals surface area contributed by atoms with Gasteiger partial charge in [-0.05, 0) is 43.2 Å². The summed E-state index contributed by atoms with van der Waals surface area (Å²) in [6.07, 6.45) is 5.33. The van der Waals surface area contributed by atoms with E-state index in [0.29, 0.717) is 6.54 Å². The molecule has 1 aromatic rings. The van der Waals surface area contributed by atoms with E-state index in [1.807, 2.05) is 11.8 Å². The first-order valence-corrected chi connectivity index (χ1v) is 7.13. The van der Waals surface area contributed by atoms with Crippen LogP contribution in [0.15, 0.2) is 4.52 Å². The quantitative estimate of drug-likeness (QED) is 0.849. The average Bonchev–Trinajstić information content (AvgIpc) is 2.75. The predicted octanol–water partition coefficient (Wildman–Crippen LogP) is 1.65. The first-order valence-electron chi connectivity index (χ1n) is 5.97. The molecular formula is C11H19N3OS. The lowest BCUT2D eigenvalue weighted by Gasteiger charge is -2.19. The largest absolute Gasteiger partial charge is 0.339 e. The van der Waals surface area contributed by atoms with Crippen molar-refractivity contribution in [3.05, 3.63) is 11.7 Å². The summed E-state index contributed by atoms with van der Waals surface area (Å²) < 4.78 is 5.25. The van der Waals surface area contributed by atoms with E-state index >= 15 is 0 Å². The van der Waals surface area contributed by atoms with E-state index in [-0.39, 0.29) is 0 Å². The molecule has 16 heavy (non-hydrogen) atoms. The molecule has 1 fully saturated rings. The highest BCUT2D eigenvalue weighted by atomic mass is 32.2. The molecule has 90 valence electrons. The van der Waals surface area contributed by atoms with Crippen LogP contribution in [0, 0.1) is 5.92 Å². The Labute approximate surface area is 100 Å². The van der Waals surface area contributed by atoms with Crippen molar-refractivity contribution in [2.24, 2.45) is 11.7 Å². The number of hydrogen-bond acceptors (Lipinski definition) is 5.